The third kappa shape index (κ3) is 3.01. The van der Waals surface area contributed by atoms with Crippen molar-refractivity contribution in [2.75, 3.05) is 0 Å². The van der Waals surface area contributed by atoms with Crippen molar-refractivity contribution in [2.45, 2.75) is 19.4 Å². The number of rotatable bonds is 4. The molecule has 1 unspecified atom stereocenters. The molecule has 1 atom stereocenters. The van der Waals surface area contributed by atoms with E-state index in [1.807, 2.05) is 6.92 Å². The summed E-state index contributed by atoms with van der Waals surface area (Å²) < 4.78 is 0. The van der Waals surface area contributed by atoms with Gasteiger partial charge in [0.2, 0.25) is 0 Å². The van der Waals surface area contributed by atoms with Crippen molar-refractivity contribution in [3.05, 3.63) is 35.9 Å². The van der Waals surface area contributed by atoms with Crippen LogP contribution in [0.25, 0.3) is 0 Å². The zero-order valence-corrected chi connectivity index (χ0v) is 8.08. The predicted octanol–water partition coefficient (Wildman–Crippen LogP) is 1.64. The second kappa shape index (κ2) is 5.17. The van der Waals surface area contributed by atoms with Crippen LogP contribution in [0.15, 0.2) is 24.3 Å². The van der Waals surface area contributed by atoms with E-state index in [2.05, 4.69) is 11.4 Å². The van der Waals surface area contributed by atoms with Gasteiger partial charge in [0.1, 0.15) is 0 Å². The summed E-state index contributed by atoms with van der Waals surface area (Å²) in [6, 6.07) is 9.69. The normalized spacial score (nSPS) is 11.8. The molecular formula is C11H13N2O. The van der Waals surface area contributed by atoms with Crippen LogP contribution in [-0.2, 0) is 0 Å². The Bertz CT molecular complexity index is 308. The Kier molecular flexibility index (Phi) is 3.85. The molecule has 0 fully saturated rings. The number of hydrogen-bond acceptors (Lipinski definition) is 2. The molecule has 0 aromatic heterocycles. The lowest BCUT2D eigenvalue weighted by atomic mass is 10.2. The molecule has 73 valence electrons. The summed E-state index contributed by atoms with van der Waals surface area (Å²) in [5.41, 5.74) is 0.626. The first-order chi connectivity index (χ1) is 6.74. The Morgan fingerprint density at radius 2 is 2.29 bits per heavy atom. The molecule has 0 aliphatic carbocycles. The highest BCUT2D eigenvalue weighted by Gasteiger charge is 2.07. The van der Waals surface area contributed by atoms with Crippen LogP contribution in [0.2, 0.25) is 0 Å². The van der Waals surface area contributed by atoms with E-state index in [-0.39, 0.29) is 11.9 Å². The van der Waals surface area contributed by atoms with E-state index in [0.717, 1.165) is 0 Å². The topological polar surface area (TPSA) is 53.0 Å². The van der Waals surface area contributed by atoms with Gasteiger partial charge in [0, 0.05) is 18.0 Å². The number of amides is 1. The van der Waals surface area contributed by atoms with E-state index < -0.39 is 0 Å². The Morgan fingerprint density at radius 1 is 1.64 bits per heavy atom. The number of benzene rings is 1. The van der Waals surface area contributed by atoms with Crippen molar-refractivity contribution in [1.29, 1.82) is 5.41 Å². The molecule has 0 aliphatic rings. The average molecular weight is 189 g/mol. The molecule has 3 nitrogen and oxygen atoms in total. The number of hydrogen-bond donors (Lipinski definition) is 2. The monoisotopic (exact) mass is 189 g/mol. The van der Waals surface area contributed by atoms with Gasteiger partial charge in [-0.3, -0.25) is 4.79 Å². The number of carbonyl (C=O) groups excluding carboxylic acids is 1. The zero-order valence-electron chi connectivity index (χ0n) is 8.08. The predicted molar refractivity (Wildman–Crippen MR) is 55.6 cm³/mol. The standard InChI is InChI=1S/C11H13N2O/c1-9(7-8-12)13-11(14)10-5-3-2-4-6-10/h3-6,8-9,12H,7H2,1H3,(H,13,14). The van der Waals surface area contributed by atoms with E-state index in [1.54, 1.807) is 24.3 Å². The minimum absolute atomic E-state index is 0.00388. The molecular weight excluding hydrogens is 176 g/mol. The van der Waals surface area contributed by atoms with E-state index in [1.165, 1.54) is 6.21 Å². The Hall–Kier alpha value is -1.64. The molecule has 2 N–H and O–H groups in total. The van der Waals surface area contributed by atoms with Crippen LogP contribution in [0.5, 0.6) is 0 Å². The molecule has 0 aliphatic heterocycles. The molecule has 0 spiro atoms. The van der Waals surface area contributed by atoms with Crippen LogP contribution in [0, 0.1) is 11.5 Å². The maximum atomic E-state index is 11.5. The summed E-state index contributed by atoms with van der Waals surface area (Å²) in [6.45, 7) is 1.87. The lowest BCUT2D eigenvalue weighted by molar-refractivity contribution is 0.0941. The lowest BCUT2D eigenvalue weighted by Crippen LogP contribution is -2.32. The molecule has 14 heavy (non-hydrogen) atoms. The fraction of sp³-hybridized carbons (Fsp3) is 0.273. The molecule has 1 radical (unpaired) electrons. The molecule has 1 aromatic carbocycles. The molecule has 1 aromatic rings. The summed E-state index contributed by atoms with van der Waals surface area (Å²) in [5.74, 6) is -0.103. The lowest BCUT2D eigenvalue weighted by Gasteiger charge is -2.10. The summed E-state index contributed by atoms with van der Waals surface area (Å²) >= 11 is 0. The van der Waals surface area contributed by atoms with Crippen LogP contribution in [0.3, 0.4) is 0 Å². The van der Waals surface area contributed by atoms with Gasteiger partial charge < -0.3 is 10.7 Å². The van der Waals surface area contributed by atoms with Crippen molar-refractivity contribution in [3.8, 4) is 0 Å². The maximum Gasteiger partial charge on any atom is 0.251 e. The second-order valence-electron chi connectivity index (χ2n) is 3.10. The first-order valence-electron chi connectivity index (χ1n) is 4.50. The van der Waals surface area contributed by atoms with Gasteiger partial charge in [-0.2, -0.15) is 0 Å². The molecule has 0 saturated heterocycles. The molecule has 0 saturated carbocycles. The van der Waals surface area contributed by atoms with Crippen molar-refractivity contribution >= 4 is 12.1 Å². The van der Waals surface area contributed by atoms with Gasteiger partial charge >= 0.3 is 0 Å². The fourth-order valence-electron chi connectivity index (χ4n) is 1.08. The fourth-order valence-corrected chi connectivity index (χ4v) is 1.08. The second-order valence-corrected chi connectivity index (χ2v) is 3.10. The highest BCUT2D eigenvalue weighted by molar-refractivity contribution is 5.94. The quantitative estimate of drug-likeness (QED) is 0.695. The SMILES string of the molecule is CC(CC=N)NC(=O)c1cc[c]cc1. The Balaban J connectivity index is 2.55. The summed E-state index contributed by atoms with van der Waals surface area (Å²) in [4.78, 5) is 11.5. The molecule has 3 heteroatoms. The van der Waals surface area contributed by atoms with E-state index in [9.17, 15) is 4.79 Å². The molecule has 0 bridgehead atoms. The van der Waals surface area contributed by atoms with Crippen molar-refractivity contribution in [2.24, 2.45) is 0 Å². The highest BCUT2D eigenvalue weighted by atomic mass is 16.1. The first-order valence-corrected chi connectivity index (χ1v) is 4.50. The minimum Gasteiger partial charge on any atom is -0.349 e. The van der Waals surface area contributed by atoms with Gasteiger partial charge in [-0.05, 0) is 31.3 Å². The number of nitrogens with one attached hydrogen (secondary N) is 2. The van der Waals surface area contributed by atoms with Crippen molar-refractivity contribution in [3.63, 3.8) is 0 Å². The summed E-state index contributed by atoms with van der Waals surface area (Å²) in [6.07, 6.45) is 1.86. The van der Waals surface area contributed by atoms with Crippen LogP contribution in [0.1, 0.15) is 23.7 Å². The van der Waals surface area contributed by atoms with Crippen LogP contribution < -0.4 is 5.32 Å². The smallest absolute Gasteiger partial charge is 0.251 e. The Labute approximate surface area is 83.7 Å². The van der Waals surface area contributed by atoms with Gasteiger partial charge in [0.05, 0.1) is 0 Å². The van der Waals surface area contributed by atoms with Gasteiger partial charge in [0.15, 0.2) is 0 Å². The van der Waals surface area contributed by atoms with E-state index in [4.69, 9.17) is 5.41 Å². The molecule has 1 amide bonds. The van der Waals surface area contributed by atoms with E-state index >= 15 is 0 Å². The zero-order chi connectivity index (χ0) is 10.4. The third-order valence-corrected chi connectivity index (χ3v) is 1.83. The third-order valence-electron chi connectivity index (χ3n) is 1.83. The summed E-state index contributed by atoms with van der Waals surface area (Å²) in [5, 5.41) is 9.69. The van der Waals surface area contributed by atoms with Crippen LogP contribution in [-0.4, -0.2) is 18.2 Å². The van der Waals surface area contributed by atoms with Gasteiger partial charge in [-0.1, -0.05) is 12.1 Å². The Morgan fingerprint density at radius 3 is 2.86 bits per heavy atom. The van der Waals surface area contributed by atoms with Crippen LogP contribution >= 0.6 is 0 Å². The van der Waals surface area contributed by atoms with Gasteiger partial charge in [-0.15, -0.1) is 0 Å². The first kappa shape index (κ1) is 10.4. The molecule has 0 heterocycles. The number of carbonyl (C=O) groups is 1. The summed E-state index contributed by atoms with van der Waals surface area (Å²) in [7, 11) is 0. The van der Waals surface area contributed by atoms with Crippen LogP contribution in [0.4, 0.5) is 0 Å². The van der Waals surface area contributed by atoms with Crippen molar-refractivity contribution < 1.29 is 4.79 Å². The largest absolute Gasteiger partial charge is 0.349 e. The van der Waals surface area contributed by atoms with Gasteiger partial charge in [0.25, 0.3) is 5.91 Å². The highest BCUT2D eigenvalue weighted by Crippen LogP contribution is 1.98. The minimum atomic E-state index is -0.103. The van der Waals surface area contributed by atoms with Gasteiger partial charge in [-0.25, -0.2) is 0 Å². The van der Waals surface area contributed by atoms with E-state index in [0.29, 0.717) is 12.0 Å². The average Bonchev–Trinajstić information content (AvgIpc) is 2.19. The molecule has 1 rings (SSSR count). The maximum absolute atomic E-state index is 11.5. The van der Waals surface area contributed by atoms with Crippen molar-refractivity contribution in [1.82, 2.24) is 5.32 Å².